The third-order valence-electron chi connectivity index (χ3n) is 1.82. The quantitative estimate of drug-likeness (QED) is 0.600. The van der Waals surface area contributed by atoms with Crippen LogP contribution in [-0.2, 0) is 20.8 Å². The first-order valence-electron chi connectivity index (χ1n) is 4.47. The summed E-state index contributed by atoms with van der Waals surface area (Å²) in [4.78, 5) is 0. The van der Waals surface area contributed by atoms with Gasteiger partial charge in [-0.05, 0) is 6.92 Å². The predicted octanol–water partition coefficient (Wildman–Crippen LogP) is -0.978. The number of sulfonamides is 1. The van der Waals surface area contributed by atoms with E-state index in [1.807, 2.05) is 0 Å². The van der Waals surface area contributed by atoms with Crippen molar-refractivity contribution in [2.75, 3.05) is 24.6 Å². The molecule has 14 heavy (non-hydrogen) atoms. The zero-order chi connectivity index (χ0) is 11.2. The average molecular weight is 242 g/mol. The normalized spacial score (nSPS) is 16.5. The van der Waals surface area contributed by atoms with Gasteiger partial charge in [0.15, 0.2) is 0 Å². The van der Waals surface area contributed by atoms with E-state index in [0.29, 0.717) is 11.5 Å². The molecule has 2 atom stereocenters. The van der Waals surface area contributed by atoms with Crippen molar-refractivity contribution in [2.45, 2.75) is 19.1 Å². The van der Waals surface area contributed by atoms with Crippen molar-refractivity contribution in [3.63, 3.8) is 0 Å². The third kappa shape index (κ3) is 5.04. The van der Waals surface area contributed by atoms with Crippen LogP contribution in [0, 0.1) is 0 Å². The Bertz CT molecular complexity index is 277. The number of nitrogens with two attached hydrogens (primary N) is 1. The molecular formula is C7H18N2O3S2. The maximum Gasteiger partial charge on any atom is 0.215 e. The number of nitrogens with one attached hydrogen (secondary N) is 1. The molecule has 0 saturated heterocycles. The summed E-state index contributed by atoms with van der Waals surface area (Å²) >= 11 is 0. The van der Waals surface area contributed by atoms with E-state index in [1.165, 1.54) is 0 Å². The molecule has 0 aromatic heterocycles. The Morgan fingerprint density at radius 3 is 2.50 bits per heavy atom. The zero-order valence-corrected chi connectivity index (χ0v) is 10.2. The molecule has 3 N–H and O–H groups in total. The van der Waals surface area contributed by atoms with E-state index >= 15 is 0 Å². The molecule has 0 rings (SSSR count). The molecule has 0 radical (unpaired) electrons. The fraction of sp³-hybridized carbons (Fsp3) is 1.00. The monoisotopic (exact) mass is 242 g/mol. The van der Waals surface area contributed by atoms with E-state index in [4.69, 9.17) is 5.73 Å². The van der Waals surface area contributed by atoms with Gasteiger partial charge in [-0.25, -0.2) is 13.1 Å². The lowest BCUT2D eigenvalue weighted by Gasteiger charge is -2.11. The standard InChI is InChI=1S/C7H18N2O3S2/c1-3-13(10)5-4-9-14(11,12)7(2)6-8/h7,9H,3-6,8H2,1-2H3. The second-order valence-corrected chi connectivity index (χ2v) is 6.97. The molecule has 0 amide bonds. The Morgan fingerprint density at radius 1 is 1.50 bits per heavy atom. The maximum absolute atomic E-state index is 11.3. The molecule has 0 aliphatic carbocycles. The van der Waals surface area contributed by atoms with Crippen molar-refractivity contribution in [3.05, 3.63) is 0 Å². The number of hydrogen-bond donors (Lipinski definition) is 2. The highest BCUT2D eigenvalue weighted by Crippen LogP contribution is 1.94. The second kappa shape index (κ2) is 6.49. The van der Waals surface area contributed by atoms with Crippen LogP contribution in [-0.4, -0.2) is 42.5 Å². The van der Waals surface area contributed by atoms with Gasteiger partial charge in [0.2, 0.25) is 10.0 Å². The van der Waals surface area contributed by atoms with E-state index in [9.17, 15) is 12.6 Å². The Hall–Kier alpha value is 0.0200. The van der Waals surface area contributed by atoms with Crippen LogP contribution in [0.1, 0.15) is 13.8 Å². The van der Waals surface area contributed by atoms with Crippen molar-refractivity contribution < 1.29 is 12.6 Å². The van der Waals surface area contributed by atoms with Crippen molar-refractivity contribution in [1.82, 2.24) is 4.72 Å². The van der Waals surface area contributed by atoms with E-state index in [1.54, 1.807) is 13.8 Å². The van der Waals surface area contributed by atoms with Gasteiger partial charge in [-0.3, -0.25) is 4.21 Å². The maximum atomic E-state index is 11.3. The Kier molecular flexibility index (Phi) is 6.50. The molecular weight excluding hydrogens is 224 g/mol. The Balaban J connectivity index is 3.95. The number of hydrogen-bond acceptors (Lipinski definition) is 4. The van der Waals surface area contributed by atoms with Crippen LogP contribution < -0.4 is 10.5 Å². The summed E-state index contributed by atoms with van der Waals surface area (Å²) in [5, 5.41) is -0.599. The van der Waals surface area contributed by atoms with Crippen LogP contribution in [0.2, 0.25) is 0 Å². The second-order valence-electron chi connectivity index (χ2n) is 2.92. The van der Waals surface area contributed by atoms with Crippen molar-refractivity contribution >= 4 is 20.8 Å². The molecule has 0 aliphatic heterocycles. The highest BCUT2D eigenvalue weighted by atomic mass is 32.2. The molecule has 0 fully saturated rings. The summed E-state index contributed by atoms with van der Waals surface area (Å²) in [6, 6.07) is 0. The minimum absolute atomic E-state index is 0.0895. The van der Waals surface area contributed by atoms with E-state index < -0.39 is 26.1 Å². The average Bonchev–Trinajstić information content (AvgIpc) is 2.15. The van der Waals surface area contributed by atoms with Crippen LogP contribution in [0.15, 0.2) is 0 Å². The summed E-state index contributed by atoms with van der Waals surface area (Å²) in [5.41, 5.74) is 5.24. The smallest absolute Gasteiger partial charge is 0.215 e. The first-order valence-corrected chi connectivity index (χ1v) is 7.51. The summed E-state index contributed by atoms with van der Waals surface area (Å²) in [6.45, 7) is 3.64. The van der Waals surface area contributed by atoms with Gasteiger partial charge < -0.3 is 5.73 Å². The van der Waals surface area contributed by atoms with E-state index in [0.717, 1.165) is 0 Å². The molecule has 5 nitrogen and oxygen atoms in total. The highest BCUT2D eigenvalue weighted by molar-refractivity contribution is 7.90. The van der Waals surface area contributed by atoms with Gasteiger partial charge in [0.05, 0.1) is 5.25 Å². The third-order valence-corrected chi connectivity index (χ3v) is 4.98. The van der Waals surface area contributed by atoms with Gasteiger partial charge in [-0.2, -0.15) is 0 Å². The van der Waals surface area contributed by atoms with Gasteiger partial charge in [-0.15, -0.1) is 0 Å². The molecule has 0 bridgehead atoms. The van der Waals surface area contributed by atoms with Gasteiger partial charge in [0, 0.05) is 35.4 Å². The molecule has 2 unspecified atom stereocenters. The highest BCUT2D eigenvalue weighted by Gasteiger charge is 2.18. The fourth-order valence-electron chi connectivity index (χ4n) is 0.711. The molecule has 0 spiro atoms. The summed E-state index contributed by atoms with van der Waals surface area (Å²) in [6.07, 6.45) is 0. The van der Waals surface area contributed by atoms with Crippen LogP contribution >= 0.6 is 0 Å². The van der Waals surface area contributed by atoms with E-state index in [-0.39, 0.29) is 13.1 Å². The molecule has 0 aliphatic rings. The summed E-state index contributed by atoms with van der Waals surface area (Å²) < 4.78 is 36.0. The fourth-order valence-corrected chi connectivity index (χ4v) is 2.38. The minimum atomic E-state index is -3.32. The SMILES string of the molecule is CCS(=O)CCNS(=O)(=O)C(C)CN. The number of rotatable bonds is 7. The Labute approximate surface area is 88.0 Å². The van der Waals surface area contributed by atoms with Crippen LogP contribution in [0.25, 0.3) is 0 Å². The molecule has 0 heterocycles. The minimum Gasteiger partial charge on any atom is -0.329 e. The first-order chi connectivity index (χ1) is 6.44. The zero-order valence-electron chi connectivity index (χ0n) is 8.52. The molecule has 7 heteroatoms. The largest absolute Gasteiger partial charge is 0.329 e. The van der Waals surface area contributed by atoms with Gasteiger partial charge in [0.25, 0.3) is 0 Å². The van der Waals surface area contributed by atoms with Gasteiger partial charge in [-0.1, -0.05) is 6.92 Å². The molecule has 0 aromatic carbocycles. The van der Waals surface area contributed by atoms with Gasteiger partial charge >= 0.3 is 0 Å². The van der Waals surface area contributed by atoms with Crippen molar-refractivity contribution in [1.29, 1.82) is 0 Å². The lowest BCUT2D eigenvalue weighted by molar-refractivity contribution is 0.571. The lowest BCUT2D eigenvalue weighted by Crippen LogP contribution is -2.38. The van der Waals surface area contributed by atoms with Crippen LogP contribution in [0.3, 0.4) is 0 Å². The van der Waals surface area contributed by atoms with Gasteiger partial charge in [0.1, 0.15) is 0 Å². The first kappa shape index (κ1) is 14.0. The Morgan fingerprint density at radius 2 is 2.07 bits per heavy atom. The van der Waals surface area contributed by atoms with Crippen LogP contribution in [0.4, 0.5) is 0 Å². The molecule has 0 aromatic rings. The lowest BCUT2D eigenvalue weighted by atomic mass is 10.5. The molecule has 86 valence electrons. The summed E-state index contributed by atoms with van der Waals surface area (Å²) in [5.74, 6) is 0.904. The topological polar surface area (TPSA) is 89.3 Å². The van der Waals surface area contributed by atoms with E-state index in [2.05, 4.69) is 4.72 Å². The van der Waals surface area contributed by atoms with Crippen LogP contribution in [0.5, 0.6) is 0 Å². The predicted molar refractivity (Wildman–Crippen MR) is 59.0 cm³/mol. The van der Waals surface area contributed by atoms with Crippen molar-refractivity contribution in [3.8, 4) is 0 Å². The van der Waals surface area contributed by atoms with Crippen molar-refractivity contribution in [2.24, 2.45) is 5.73 Å². The summed E-state index contributed by atoms with van der Waals surface area (Å²) in [7, 11) is -4.26. The molecule has 0 saturated carbocycles.